The highest BCUT2D eigenvalue weighted by Crippen LogP contribution is 2.37. The van der Waals surface area contributed by atoms with Crippen molar-refractivity contribution in [3.05, 3.63) is 22.2 Å². The molecule has 0 aliphatic carbocycles. The van der Waals surface area contributed by atoms with Crippen molar-refractivity contribution < 1.29 is 14.9 Å². The van der Waals surface area contributed by atoms with Gasteiger partial charge in [-0.05, 0) is 47.0 Å². The second-order valence-corrected chi connectivity index (χ2v) is 5.02. The minimum Gasteiger partial charge on any atom is -0.503 e. The van der Waals surface area contributed by atoms with E-state index < -0.39 is 12.1 Å². The molecule has 2 atom stereocenters. The first-order valence-electron chi connectivity index (χ1n) is 6.10. The van der Waals surface area contributed by atoms with Crippen LogP contribution in [0.3, 0.4) is 0 Å². The molecule has 1 aromatic carbocycles. The van der Waals surface area contributed by atoms with E-state index in [1.165, 1.54) is 0 Å². The van der Waals surface area contributed by atoms with Crippen molar-refractivity contribution in [1.29, 1.82) is 0 Å². The number of ether oxygens (including phenoxy) is 1. The fourth-order valence-corrected chi connectivity index (χ4v) is 2.21. The molecule has 0 aliphatic heterocycles. The van der Waals surface area contributed by atoms with E-state index in [0.717, 1.165) is 12.0 Å². The molecule has 0 saturated heterocycles. The summed E-state index contributed by atoms with van der Waals surface area (Å²) in [6.07, 6.45) is 0.914. The lowest BCUT2D eigenvalue weighted by Crippen LogP contribution is -2.26. The van der Waals surface area contributed by atoms with Gasteiger partial charge in [-0.25, -0.2) is 0 Å². The summed E-state index contributed by atoms with van der Waals surface area (Å²) in [4.78, 5) is 0. The Morgan fingerprint density at radius 1 is 1.37 bits per heavy atom. The smallest absolute Gasteiger partial charge is 0.172 e. The molecule has 0 heterocycles. The number of aliphatic hydroxyl groups excluding tert-OH is 1. The van der Waals surface area contributed by atoms with Crippen molar-refractivity contribution in [1.82, 2.24) is 0 Å². The second-order valence-electron chi connectivity index (χ2n) is 4.16. The molecule has 110 valence electrons. The van der Waals surface area contributed by atoms with Crippen molar-refractivity contribution in [2.24, 2.45) is 5.73 Å². The summed E-state index contributed by atoms with van der Waals surface area (Å²) in [6, 6.07) is 2.90. The molecule has 1 aromatic rings. The topological polar surface area (TPSA) is 75.7 Å². The van der Waals surface area contributed by atoms with Crippen LogP contribution in [-0.2, 0) is 0 Å². The summed E-state index contributed by atoms with van der Waals surface area (Å²) in [7, 11) is 0. The summed E-state index contributed by atoms with van der Waals surface area (Å²) < 4.78 is 5.85. The largest absolute Gasteiger partial charge is 0.503 e. The van der Waals surface area contributed by atoms with Gasteiger partial charge in [0, 0.05) is 0 Å². The molecule has 0 spiro atoms. The van der Waals surface area contributed by atoms with Gasteiger partial charge in [-0.3, -0.25) is 0 Å². The number of aliphatic hydroxyl groups is 1. The number of hydrogen-bond donors (Lipinski definition) is 3. The maximum absolute atomic E-state index is 9.91. The highest BCUT2D eigenvalue weighted by Gasteiger charge is 2.19. The Bertz CT molecular complexity index is 404. The number of aromatic hydroxyl groups is 1. The van der Waals surface area contributed by atoms with Gasteiger partial charge in [0.25, 0.3) is 0 Å². The van der Waals surface area contributed by atoms with Crippen molar-refractivity contribution in [3.8, 4) is 11.5 Å². The van der Waals surface area contributed by atoms with Gasteiger partial charge in [-0.15, -0.1) is 12.4 Å². The van der Waals surface area contributed by atoms with Gasteiger partial charge in [0.15, 0.2) is 11.5 Å². The third-order valence-electron chi connectivity index (χ3n) is 2.73. The zero-order chi connectivity index (χ0) is 13.7. The molecule has 0 bridgehead atoms. The molecule has 0 fully saturated rings. The Morgan fingerprint density at radius 2 is 2.00 bits per heavy atom. The zero-order valence-corrected chi connectivity index (χ0v) is 13.5. The van der Waals surface area contributed by atoms with Crippen LogP contribution in [-0.4, -0.2) is 22.9 Å². The van der Waals surface area contributed by atoms with Crippen LogP contribution in [0.4, 0.5) is 0 Å². The average Bonchev–Trinajstić information content (AvgIpc) is 2.34. The number of rotatable bonds is 6. The first-order valence-corrected chi connectivity index (χ1v) is 6.89. The molecule has 19 heavy (non-hydrogen) atoms. The minimum absolute atomic E-state index is 0. The normalized spacial score (nSPS) is 13.5. The number of phenolic OH excluding ortho intramolecular Hbond substituents is 1. The minimum atomic E-state index is -0.596. The van der Waals surface area contributed by atoms with E-state index in [1.54, 1.807) is 12.1 Å². The molecule has 6 heteroatoms. The molecule has 0 amide bonds. The van der Waals surface area contributed by atoms with Crippen molar-refractivity contribution in [2.75, 3.05) is 6.61 Å². The summed E-state index contributed by atoms with van der Waals surface area (Å²) in [5.41, 5.74) is 6.74. The predicted octanol–water partition coefficient (Wildman–Crippen LogP) is 3.14. The van der Waals surface area contributed by atoms with Crippen LogP contribution in [0, 0.1) is 0 Å². The Hall–Kier alpha value is -0.490. The molecule has 1 rings (SSSR count). The summed E-state index contributed by atoms with van der Waals surface area (Å²) in [5, 5.41) is 19.7. The van der Waals surface area contributed by atoms with Crippen LogP contribution in [0.25, 0.3) is 0 Å². The lowest BCUT2D eigenvalue weighted by molar-refractivity contribution is 0.134. The Balaban J connectivity index is 0.00000324. The van der Waals surface area contributed by atoms with Gasteiger partial charge in [-0.2, -0.15) is 0 Å². The summed E-state index contributed by atoms with van der Waals surface area (Å²) in [6.45, 7) is 4.29. The Kier molecular flexibility index (Phi) is 8.41. The fourth-order valence-electron chi connectivity index (χ4n) is 1.75. The van der Waals surface area contributed by atoms with Crippen LogP contribution in [0.15, 0.2) is 16.6 Å². The Morgan fingerprint density at radius 3 is 2.53 bits per heavy atom. The van der Waals surface area contributed by atoms with E-state index >= 15 is 0 Å². The number of halogens is 2. The van der Waals surface area contributed by atoms with Gasteiger partial charge in [0.05, 0.1) is 23.2 Å². The lowest BCUT2D eigenvalue weighted by atomic mass is 9.99. The van der Waals surface area contributed by atoms with E-state index in [1.807, 2.05) is 13.8 Å². The molecule has 0 unspecified atom stereocenters. The SMILES string of the molecule is CCC[C@H](O)[C@H](N)c1cc(Br)c(O)c(OCC)c1.Cl. The summed E-state index contributed by atoms with van der Waals surface area (Å²) >= 11 is 3.26. The number of hydrogen-bond acceptors (Lipinski definition) is 4. The first kappa shape index (κ1) is 18.5. The quantitative estimate of drug-likeness (QED) is 0.733. The maximum Gasteiger partial charge on any atom is 0.172 e. The van der Waals surface area contributed by atoms with Crippen LogP contribution in [0.5, 0.6) is 11.5 Å². The number of benzene rings is 1. The lowest BCUT2D eigenvalue weighted by Gasteiger charge is -2.20. The molecular formula is C13H21BrClNO3. The van der Waals surface area contributed by atoms with Gasteiger partial charge >= 0.3 is 0 Å². The first-order chi connectivity index (χ1) is 8.51. The fraction of sp³-hybridized carbons (Fsp3) is 0.538. The third kappa shape index (κ3) is 4.84. The molecule has 0 radical (unpaired) electrons. The zero-order valence-electron chi connectivity index (χ0n) is 11.1. The monoisotopic (exact) mass is 353 g/mol. The van der Waals surface area contributed by atoms with E-state index in [2.05, 4.69) is 15.9 Å². The van der Waals surface area contributed by atoms with E-state index in [-0.39, 0.29) is 18.2 Å². The highest BCUT2D eigenvalue weighted by atomic mass is 79.9. The van der Waals surface area contributed by atoms with Crippen LogP contribution in [0.2, 0.25) is 0 Å². The van der Waals surface area contributed by atoms with Gasteiger partial charge in [-0.1, -0.05) is 13.3 Å². The molecule has 0 aromatic heterocycles. The van der Waals surface area contributed by atoms with Crippen molar-refractivity contribution >= 4 is 28.3 Å². The van der Waals surface area contributed by atoms with Crippen molar-refractivity contribution in [3.63, 3.8) is 0 Å². The van der Waals surface area contributed by atoms with Crippen LogP contribution >= 0.6 is 28.3 Å². The molecule has 0 aliphatic rings. The molecule has 4 nitrogen and oxygen atoms in total. The predicted molar refractivity (Wildman–Crippen MR) is 82.1 cm³/mol. The van der Waals surface area contributed by atoms with Crippen LogP contribution < -0.4 is 10.5 Å². The van der Waals surface area contributed by atoms with Gasteiger partial charge in [0.1, 0.15) is 0 Å². The standard InChI is InChI=1S/C13H20BrNO3.ClH/c1-3-5-10(16)12(15)8-6-9(14)13(17)11(7-8)18-4-2;/h6-7,10,12,16-17H,3-5,15H2,1-2H3;1H/t10-,12+;/m0./s1. The molecule has 0 saturated carbocycles. The van der Waals surface area contributed by atoms with Crippen LogP contribution in [0.1, 0.15) is 38.3 Å². The number of nitrogens with two attached hydrogens (primary N) is 1. The maximum atomic E-state index is 9.91. The summed E-state index contributed by atoms with van der Waals surface area (Å²) in [5.74, 6) is 0.429. The van der Waals surface area contributed by atoms with Gasteiger partial charge < -0.3 is 20.7 Å². The molecule has 4 N–H and O–H groups in total. The third-order valence-corrected chi connectivity index (χ3v) is 3.34. The van der Waals surface area contributed by atoms with Crippen molar-refractivity contribution in [2.45, 2.75) is 38.8 Å². The van der Waals surface area contributed by atoms with E-state index in [9.17, 15) is 10.2 Å². The van der Waals surface area contributed by atoms with Gasteiger partial charge in [0.2, 0.25) is 0 Å². The average molecular weight is 355 g/mol. The Labute approximate surface area is 128 Å². The molecular weight excluding hydrogens is 334 g/mol. The highest BCUT2D eigenvalue weighted by molar-refractivity contribution is 9.10. The second kappa shape index (κ2) is 8.64. The van der Waals surface area contributed by atoms with E-state index in [4.69, 9.17) is 10.5 Å². The number of phenols is 1. The van der Waals surface area contributed by atoms with E-state index in [0.29, 0.717) is 23.2 Å².